The zero-order valence-corrected chi connectivity index (χ0v) is 32.4. The van der Waals surface area contributed by atoms with E-state index in [1.165, 1.54) is 59.9 Å². The van der Waals surface area contributed by atoms with Gasteiger partial charge < -0.3 is 5.32 Å². The maximum atomic E-state index is 5.47. The molecule has 0 saturated carbocycles. The van der Waals surface area contributed by atoms with Gasteiger partial charge in [0.15, 0.2) is 0 Å². The van der Waals surface area contributed by atoms with Crippen LogP contribution in [-0.4, -0.2) is 18.2 Å². The van der Waals surface area contributed by atoms with Gasteiger partial charge in [0.2, 0.25) is 0 Å². The molecule has 4 heteroatoms. The third kappa shape index (κ3) is 7.00. The number of nitrogens with zero attached hydrogens (tertiary/aromatic N) is 1. The second-order valence-corrected chi connectivity index (χ2v) is 16.8. The number of benzene rings is 5. The second-order valence-electron chi connectivity index (χ2n) is 15.6. The van der Waals surface area contributed by atoms with Gasteiger partial charge >= 0.3 is 0 Å². The number of fused-ring (bicyclic) bond motifs is 6. The topological polar surface area (TPSA) is 36.4 Å². The van der Waals surface area contributed by atoms with Crippen LogP contribution < -0.4 is 10.6 Å². The molecule has 5 aliphatic rings. The minimum absolute atomic E-state index is 0.0208. The Morgan fingerprint density at radius 1 is 0.768 bits per heavy atom. The highest BCUT2D eigenvalue weighted by Gasteiger charge is 2.41. The van der Waals surface area contributed by atoms with Gasteiger partial charge in [-0.3, -0.25) is 5.32 Å². The van der Waals surface area contributed by atoms with Crippen LogP contribution in [0.4, 0.5) is 0 Å². The standard InChI is InChI=1S/C52H45N3S/c1-34(40-16-9-17-41(32-40)38-14-6-3-7-15-38)21-24-42-29-36-11-8-18-44(30-36)51-53-49(31-35-22-25-39(26-23-35)37-12-4-2-5-13-37)54-52(55-51)45-19-10-20-48-50(45)46-33-43(42)27-28-47(46)56-48/h2-30,33-34,41,45,49-50,52,54H,31-32H2,1H3,(H,53,55)/b24-21-,42-29+. The van der Waals surface area contributed by atoms with Crippen LogP contribution in [0.3, 0.4) is 0 Å². The summed E-state index contributed by atoms with van der Waals surface area (Å²) in [6, 6.07) is 46.5. The van der Waals surface area contributed by atoms with Gasteiger partial charge in [0.25, 0.3) is 0 Å². The molecular weight excluding hydrogens is 699 g/mol. The van der Waals surface area contributed by atoms with E-state index in [0.29, 0.717) is 11.8 Å². The van der Waals surface area contributed by atoms with E-state index in [0.717, 1.165) is 24.2 Å². The summed E-state index contributed by atoms with van der Waals surface area (Å²) in [7, 11) is 0. The lowest BCUT2D eigenvalue weighted by Gasteiger charge is -2.38. The van der Waals surface area contributed by atoms with Crippen LogP contribution in [0.2, 0.25) is 0 Å². The van der Waals surface area contributed by atoms with Crippen molar-refractivity contribution in [3.8, 4) is 11.1 Å². The van der Waals surface area contributed by atoms with Crippen molar-refractivity contribution in [2.24, 2.45) is 16.8 Å². The van der Waals surface area contributed by atoms with E-state index in [4.69, 9.17) is 4.99 Å². The van der Waals surface area contributed by atoms with Crippen LogP contribution in [0.25, 0.3) is 22.8 Å². The van der Waals surface area contributed by atoms with Crippen molar-refractivity contribution in [2.75, 3.05) is 0 Å². The average molecular weight is 744 g/mol. The van der Waals surface area contributed by atoms with E-state index >= 15 is 0 Å². The normalized spacial score (nSPS) is 24.7. The molecule has 274 valence electrons. The van der Waals surface area contributed by atoms with Crippen LogP contribution in [0.15, 0.2) is 196 Å². The van der Waals surface area contributed by atoms with Crippen molar-refractivity contribution in [1.29, 1.82) is 0 Å². The van der Waals surface area contributed by atoms with Gasteiger partial charge in [0.1, 0.15) is 12.0 Å². The van der Waals surface area contributed by atoms with Crippen LogP contribution in [0.5, 0.6) is 0 Å². The Labute approximate surface area is 335 Å². The first-order valence-electron chi connectivity index (χ1n) is 20.0. The molecule has 3 heterocycles. The predicted molar refractivity (Wildman–Crippen MR) is 235 cm³/mol. The Morgan fingerprint density at radius 3 is 2.39 bits per heavy atom. The van der Waals surface area contributed by atoms with Gasteiger partial charge in [-0.1, -0.05) is 182 Å². The number of hydrogen-bond acceptors (Lipinski definition) is 4. The maximum Gasteiger partial charge on any atom is 0.131 e. The molecule has 0 saturated heterocycles. The highest BCUT2D eigenvalue weighted by Crippen LogP contribution is 2.55. The monoisotopic (exact) mass is 743 g/mol. The fraction of sp³-hybridized carbons (Fsp3) is 0.173. The first-order valence-corrected chi connectivity index (χ1v) is 20.8. The predicted octanol–water partition coefficient (Wildman–Crippen LogP) is 11.9. The quantitative estimate of drug-likeness (QED) is 0.174. The minimum Gasteiger partial charge on any atom is -0.354 e. The molecule has 0 spiro atoms. The van der Waals surface area contributed by atoms with Crippen molar-refractivity contribution < 1.29 is 0 Å². The summed E-state index contributed by atoms with van der Waals surface area (Å²) in [6.07, 6.45) is 22.8. The third-order valence-electron chi connectivity index (χ3n) is 12.0. The smallest absolute Gasteiger partial charge is 0.131 e. The largest absolute Gasteiger partial charge is 0.354 e. The molecule has 56 heavy (non-hydrogen) atoms. The Morgan fingerprint density at radius 2 is 1.54 bits per heavy atom. The molecule has 6 unspecified atom stereocenters. The van der Waals surface area contributed by atoms with Crippen molar-refractivity contribution in [2.45, 2.75) is 48.8 Å². The molecule has 3 nitrogen and oxygen atoms in total. The Balaban J connectivity index is 0.989. The van der Waals surface area contributed by atoms with Crippen LogP contribution in [0, 0.1) is 11.8 Å². The SMILES string of the molecule is CC(/C=C\C1=C/c2cccc(c2)C2=NC(NC(Cc3ccc(-c4ccccc4)cc3)N2)C2C=CC=C3Sc4ccc1cc4C32)C1=CC=CC(c2ccccc2)C1. The van der Waals surface area contributed by atoms with Crippen LogP contribution in [-0.2, 0) is 6.42 Å². The minimum atomic E-state index is -0.0879. The fourth-order valence-corrected chi connectivity index (χ4v) is 10.2. The van der Waals surface area contributed by atoms with Gasteiger partial charge in [-0.25, -0.2) is 4.99 Å². The van der Waals surface area contributed by atoms with Crippen molar-refractivity contribution >= 4 is 29.2 Å². The van der Waals surface area contributed by atoms with Crippen molar-refractivity contribution in [3.63, 3.8) is 0 Å². The molecule has 2 aliphatic carbocycles. The zero-order chi connectivity index (χ0) is 37.4. The van der Waals surface area contributed by atoms with E-state index in [2.05, 4.69) is 200 Å². The summed E-state index contributed by atoms with van der Waals surface area (Å²) < 4.78 is 0. The van der Waals surface area contributed by atoms with Crippen LogP contribution in [0.1, 0.15) is 58.6 Å². The van der Waals surface area contributed by atoms with Gasteiger partial charge in [-0.05, 0) is 86.0 Å². The van der Waals surface area contributed by atoms with Gasteiger partial charge in [-0.15, -0.1) is 0 Å². The van der Waals surface area contributed by atoms with Gasteiger partial charge in [0, 0.05) is 34.6 Å². The number of aliphatic imine (C=N–C) groups is 1. The highest BCUT2D eigenvalue weighted by atomic mass is 32.2. The molecule has 5 aromatic carbocycles. The second kappa shape index (κ2) is 15.1. The lowest BCUT2D eigenvalue weighted by Crippen LogP contribution is -2.57. The molecule has 0 fully saturated rings. The lowest BCUT2D eigenvalue weighted by molar-refractivity contribution is 0.316. The summed E-state index contributed by atoms with van der Waals surface area (Å²) in [5.41, 5.74) is 12.8. The first kappa shape index (κ1) is 34.8. The highest BCUT2D eigenvalue weighted by molar-refractivity contribution is 8.03. The summed E-state index contributed by atoms with van der Waals surface area (Å²) >= 11 is 1.92. The molecule has 6 bridgehead atoms. The molecule has 0 amide bonds. The molecule has 5 aromatic rings. The van der Waals surface area contributed by atoms with Gasteiger partial charge in [-0.2, -0.15) is 0 Å². The lowest BCUT2D eigenvalue weighted by atomic mass is 9.80. The van der Waals surface area contributed by atoms with Crippen molar-refractivity contribution in [3.05, 3.63) is 220 Å². The molecule has 0 aromatic heterocycles. The number of nitrogens with one attached hydrogen (secondary N) is 2. The maximum absolute atomic E-state index is 5.47. The molecular formula is C52H45N3S. The fourth-order valence-electron chi connectivity index (χ4n) is 8.94. The molecule has 2 N–H and O–H groups in total. The molecule has 6 atom stereocenters. The summed E-state index contributed by atoms with van der Waals surface area (Å²) in [6.45, 7) is 2.34. The zero-order valence-electron chi connectivity index (χ0n) is 31.6. The van der Waals surface area contributed by atoms with E-state index in [9.17, 15) is 0 Å². The van der Waals surface area contributed by atoms with E-state index < -0.39 is 0 Å². The Kier molecular flexibility index (Phi) is 9.38. The Hall–Kier alpha value is -5.68. The third-order valence-corrected chi connectivity index (χ3v) is 13.2. The molecule has 10 rings (SSSR count). The average Bonchev–Trinajstić information content (AvgIpc) is 3.64. The summed E-state index contributed by atoms with van der Waals surface area (Å²) in [5, 5.41) is 7.81. The number of hydrogen-bond donors (Lipinski definition) is 2. The summed E-state index contributed by atoms with van der Waals surface area (Å²) in [5.74, 6) is 2.10. The summed E-state index contributed by atoms with van der Waals surface area (Å²) in [4.78, 5) is 8.23. The molecule has 0 radical (unpaired) electrons. The van der Waals surface area contributed by atoms with E-state index in [1.54, 1.807) is 0 Å². The van der Waals surface area contributed by atoms with E-state index in [1.807, 2.05) is 11.8 Å². The first-order chi connectivity index (χ1) is 27.6. The number of amidine groups is 1. The van der Waals surface area contributed by atoms with Gasteiger partial charge in [0.05, 0.1) is 6.17 Å². The molecule has 3 aliphatic heterocycles. The van der Waals surface area contributed by atoms with Crippen molar-refractivity contribution in [1.82, 2.24) is 10.6 Å². The Bertz CT molecular complexity index is 2480. The number of rotatable bonds is 7. The van der Waals surface area contributed by atoms with Crippen LogP contribution >= 0.6 is 11.8 Å². The number of thioether (sulfide) groups is 1. The van der Waals surface area contributed by atoms with E-state index in [-0.39, 0.29) is 24.2 Å². The number of allylic oxidation sites excluding steroid dienone is 10.